The van der Waals surface area contributed by atoms with Crippen molar-refractivity contribution >= 4 is 29.0 Å². The maximum Gasteiger partial charge on any atom is 0.239 e. The Morgan fingerprint density at radius 2 is 2.53 bits per heavy atom. The highest BCUT2D eigenvalue weighted by molar-refractivity contribution is 7.98. The Kier molecular flexibility index (Phi) is 4.48. The van der Waals surface area contributed by atoms with Gasteiger partial charge in [-0.3, -0.25) is 4.79 Å². The van der Waals surface area contributed by atoms with Gasteiger partial charge in [0.15, 0.2) is 0 Å². The summed E-state index contributed by atoms with van der Waals surface area (Å²) in [5.74, 6) is 1.06. The first-order chi connectivity index (χ1) is 8.22. The van der Waals surface area contributed by atoms with Crippen LogP contribution >= 0.6 is 23.1 Å². The summed E-state index contributed by atoms with van der Waals surface area (Å²) in [6, 6.07) is 1.79. The molecule has 0 aliphatic carbocycles. The second kappa shape index (κ2) is 5.89. The van der Waals surface area contributed by atoms with Gasteiger partial charge in [-0.2, -0.15) is 11.8 Å². The lowest BCUT2D eigenvalue weighted by molar-refractivity contribution is -0.133. The van der Waals surface area contributed by atoms with Gasteiger partial charge < -0.3 is 10.6 Å². The lowest BCUT2D eigenvalue weighted by Gasteiger charge is -2.29. The number of carbonyl (C=O) groups is 1. The average molecular weight is 270 g/mol. The van der Waals surface area contributed by atoms with Crippen LogP contribution in [0.3, 0.4) is 0 Å². The van der Waals surface area contributed by atoms with Crippen LogP contribution in [0.4, 0.5) is 0 Å². The van der Waals surface area contributed by atoms with Crippen LogP contribution in [0.2, 0.25) is 0 Å². The Bertz CT molecular complexity index is 392. The molecule has 0 radical (unpaired) electrons. The van der Waals surface area contributed by atoms with Gasteiger partial charge in [0.2, 0.25) is 5.91 Å². The first kappa shape index (κ1) is 12.9. The van der Waals surface area contributed by atoms with E-state index in [1.54, 1.807) is 23.1 Å². The fourth-order valence-corrected chi connectivity index (χ4v) is 3.42. The number of carbonyl (C=O) groups excluding carboxylic acids is 1. The fraction of sp³-hybridized carbons (Fsp3) is 0.583. The van der Waals surface area contributed by atoms with Crippen molar-refractivity contribution in [3.8, 4) is 0 Å². The van der Waals surface area contributed by atoms with Gasteiger partial charge in [-0.25, -0.2) is 0 Å². The van der Waals surface area contributed by atoms with E-state index in [-0.39, 0.29) is 11.9 Å². The van der Waals surface area contributed by atoms with E-state index in [1.165, 1.54) is 10.4 Å². The Balaban J connectivity index is 1.93. The predicted molar refractivity (Wildman–Crippen MR) is 74.4 cm³/mol. The fourth-order valence-electron chi connectivity index (χ4n) is 2.04. The molecule has 2 N–H and O–H groups in total. The van der Waals surface area contributed by atoms with Crippen LogP contribution in [0, 0.1) is 0 Å². The Labute approximate surface area is 110 Å². The molecule has 1 aliphatic heterocycles. The number of rotatable bonds is 4. The van der Waals surface area contributed by atoms with Gasteiger partial charge in [0.1, 0.15) is 0 Å². The molecule has 1 aromatic heterocycles. The highest BCUT2D eigenvalue weighted by Crippen LogP contribution is 2.24. The molecule has 3 nitrogen and oxygen atoms in total. The number of nitrogens with zero attached hydrogens (tertiary/aromatic N) is 1. The second-order valence-corrected chi connectivity index (χ2v) is 6.25. The highest BCUT2D eigenvalue weighted by atomic mass is 32.2. The van der Waals surface area contributed by atoms with Crippen molar-refractivity contribution in [3.63, 3.8) is 0 Å². The molecule has 1 aliphatic rings. The lowest BCUT2D eigenvalue weighted by atomic mass is 10.1. The zero-order valence-corrected chi connectivity index (χ0v) is 11.6. The quantitative estimate of drug-likeness (QED) is 0.906. The van der Waals surface area contributed by atoms with Crippen LogP contribution in [0.25, 0.3) is 0 Å². The van der Waals surface area contributed by atoms with Crippen molar-refractivity contribution in [1.82, 2.24) is 4.90 Å². The van der Waals surface area contributed by atoms with Crippen LogP contribution in [0.1, 0.15) is 16.9 Å². The summed E-state index contributed by atoms with van der Waals surface area (Å²) in [5, 5.41) is 2.10. The van der Waals surface area contributed by atoms with Crippen LogP contribution in [-0.2, 0) is 17.8 Å². The molecular weight excluding hydrogens is 252 g/mol. The standard InChI is InChI=1S/C12H18N2OS2/c1-16-6-4-10(13)12(15)14-5-2-11-9(8-14)3-7-17-11/h3,7,10H,2,4-6,8,13H2,1H3. The van der Waals surface area contributed by atoms with E-state index in [1.807, 2.05) is 11.2 Å². The van der Waals surface area contributed by atoms with Crippen molar-refractivity contribution in [2.75, 3.05) is 18.6 Å². The molecule has 0 saturated carbocycles. The Morgan fingerprint density at radius 3 is 3.29 bits per heavy atom. The minimum absolute atomic E-state index is 0.107. The van der Waals surface area contributed by atoms with Gasteiger partial charge in [-0.15, -0.1) is 11.3 Å². The third kappa shape index (κ3) is 3.03. The van der Waals surface area contributed by atoms with Crippen LogP contribution in [0.5, 0.6) is 0 Å². The summed E-state index contributed by atoms with van der Waals surface area (Å²) in [6.45, 7) is 1.56. The predicted octanol–water partition coefficient (Wildman–Crippen LogP) is 1.71. The summed E-state index contributed by atoms with van der Waals surface area (Å²) in [5.41, 5.74) is 7.23. The number of thioether (sulfide) groups is 1. The van der Waals surface area contributed by atoms with Crippen LogP contribution < -0.4 is 5.73 Å². The van der Waals surface area contributed by atoms with E-state index in [0.717, 1.165) is 31.7 Å². The number of nitrogens with two attached hydrogens (primary N) is 1. The van der Waals surface area contributed by atoms with Crippen molar-refractivity contribution < 1.29 is 4.79 Å². The van der Waals surface area contributed by atoms with Gasteiger partial charge in [0, 0.05) is 18.0 Å². The van der Waals surface area contributed by atoms with Gasteiger partial charge in [-0.05, 0) is 41.9 Å². The summed E-state index contributed by atoms with van der Waals surface area (Å²) in [6.07, 6.45) is 3.79. The van der Waals surface area contributed by atoms with Gasteiger partial charge >= 0.3 is 0 Å². The van der Waals surface area contributed by atoms with Crippen LogP contribution in [-0.4, -0.2) is 35.4 Å². The average Bonchev–Trinajstić information content (AvgIpc) is 2.81. The van der Waals surface area contributed by atoms with Gasteiger partial charge in [0.05, 0.1) is 6.04 Å². The molecule has 0 spiro atoms. The number of hydrogen-bond acceptors (Lipinski definition) is 4. The van der Waals surface area contributed by atoms with Crippen molar-refractivity contribution in [2.24, 2.45) is 5.73 Å². The van der Waals surface area contributed by atoms with E-state index in [9.17, 15) is 4.79 Å². The molecule has 2 rings (SSSR count). The minimum atomic E-state index is -0.331. The summed E-state index contributed by atoms with van der Waals surface area (Å²) >= 11 is 3.52. The summed E-state index contributed by atoms with van der Waals surface area (Å²) in [7, 11) is 0. The maximum absolute atomic E-state index is 12.1. The van der Waals surface area contributed by atoms with E-state index < -0.39 is 0 Å². The van der Waals surface area contributed by atoms with Crippen molar-refractivity contribution in [3.05, 3.63) is 21.9 Å². The molecule has 1 amide bonds. The first-order valence-corrected chi connectivity index (χ1v) is 8.08. The minimum Gasteiger partial charge on any atom is -0.337 e. The lowest BCUT2D eigenvalue weighted by Crippen LogP contribution is -2.45. The van der Waals surface area contributed by atoms with E-state index >= 15 is 0 Å². The molecule has 1 aromatic rings. The second-order valence-electron chi connectivity index (χ2n) is 4.27. The van der Waals surface area contributed by atoms with E-state index in [4.69, 9.17) is 5.73 Å². The largest absolute Gasteiger partial charge is 0.337 e. The molecule has 0 saturated heterocycles. The van der Waals surface area contributed by atoms with Gasteiger partial charge in [-0.1, -0.05) is 0 Å². The molecule has 2 heterocycles. The highest BCUT2D eigenvalue weighted by Gasteiger charge is 2.25. The molecule has 5 heteroatoms. The number of amides is 1. The molecular formula is C12H18N2OS2. The summed E-state index contributed by atoms with van der Waals surface area (Å²) < 4.78 is 0. The first-order valence-electron chi connectivity index (χ1n) is 5.81. The smallest absolute Gasteiger partial charge is 0.239 e. The van der Waals surface area contributed by atoms with Crippen molar-refractivity contribution in [1.29, 1.82) is 0 Å². The van der Waals surface area contributed by atoms with Crippen LogP contribution in [0.15, 0.2) is 11.4 Å². The third-order valence-corrected chi connectivity index (χ3v) is 4.74. The molecule has 1 unspecified atom stereocenters. The molecule has 0 bridgehead atoms. The molecule has 0 fully saturated rings. The summed E-state index contributed by atoms with van der Waals surface area (Å²) in [4.78, 5) is 15.5. The topological polar surface area (TPSA) is 46.3 Å². The molecule has 17 heavy (non-hydrogen) atoms. The zero-order valence-electron chi connectivity index (χ0n) is 10.0. The van der Waals surface area contributed by atoms with E-state index in [0.29, 0.717) is 0 Å². The maximum atomic E-state index is 12.1. The monoisotopic (exact) mass is 270 g/mol. The zero-order chi connectivity index (χ0) is 12.3. The Morgan fingerprint density at radius 1 is 1.71 bits per heavy atom. The molecule has 94 valence electrons. The number of fused-ring (bicyclic) bond motifs is 1. The molecule has 0 aromatic carbocycles. The van der Waals surface area contributed by atoms with E-state index in [2.05, 4.69) is 11.4 Å². The van der Waals surface area contributed by atoms with Crippen molar-refractivity contribution in [2.45, 2.75) is 25.4 Å². The number of thiophene rings is 1. The van der Waals surface area contributed by atoms with Gasteiger partial charge in [0.25, 0.3) is 0 Å². The SMILES string of the molecule is CSCCC(N)C(=O)N1CCc2sccc2C1. The molecule has 1 atom stereocenters. The Hall–Kier alpha value is -0.520. The normalized spacial score (nSPS) is 16.7. The number of hydrogen-bond donors (Lipinski definition) is 1. The third-order valence-electron chi connectivity index (χ3n) is 3.07.